The zero-order valence-corrected chi connectivity index (χ0v) is 21.0. The molecule has 0 radical (unpaired) electrons. The first-order valence-corrected chi connectivity index (χ1v) is 13.2. The van der Waals surface area contributed by atoms with Gasteiger partial charge in [0.15, 0.2) is 17.1 Å². The lowest BCUT2D eigenvalue weighted by Gasteiger charge is -2.31. The van der Waals surface area contributed by atoms with Gasteiger partial charge in [0.2, 0.25) is 6.79 Å². The molecule has 0 bridgehead atoms. The predicted octanol–water partition coefficient (Wildman–Crippen LogP) is 4.20. The van der Waals surface area contributed by atoms with Crippen molar-refractivity contribution >= 4 is 28.6 Å². The fourth-order valence-electron chi connectivity index (χ4n) is 5.58. The van der Waals surface area contributed by atoms with E-state index in [0.29, 0.717) is 46.1 Å². The van der Waals surface area contributed by atoms with Crippen LogP contribution < -0.4 is 15.0 Å². The molecule has 3 aliphatic heterocycles. The van der Waals surface area contributed by atoms with E-state index in [2.05, 4.69) is 18.2 Å². The molecule has 0 amide bonds. The van der Waals surface area contributed by atoms with Gasteiger partial charge in [-0.3, -0.25) is 4.79 Å². The van der Waals surface area contributed by atoms with Crippen molar-refractivity contribution in [3.05, 3.63) is 69.5 Å². The molecule has 2 aromatic heterocycles. The molecule has 8 nitrogen and oxygen atoms in total. The Hall–Kier alpha value is -3.82. The van der Waals surface area contributed by atoms with Gasteiger partial charge < -0.3 is 23.9 Å². The Bertz CT molecular complexity index is 1730. The summed E-state index contributed by atoms with van der Waals surface area (Å²) in [6.45, 7) is 2.00. The number of thioether (sulfide) groups is 1. The summed E-state index contributed by atoms with van der Waals surface area (Å²) in [6.07, 6.45) is 2.13. The third-order valence-corrected chi connectivity index (χ3v) is 8.27. The zero-order chi connectivity index (χ0) is 25.5. The first-order valence-electron chi connectivity index (χ1n) is 12.0. The van der Waals surface area contributed by atoms with Crippen molar-refractivity contribution in [3.63, 3.8) is 0 Å². The molecule has 2 aromatic carbocycles. The minimum absolute atomic E-state index is 0.0932. The van der Waals surface area contributed by atoms with Crippen molar-refractivity contribution < 1.29 is 24.1 Å². The molecule has 0 unspecified atom stereocenters. The second-order valence-corrected chi connectivity index (χ2v) is 10.3. The molecule has 9 heteroatoms. The molecule has 0 aliphatic carbocycles. The van der Waals surface area contributed by atoms with E-state index in [-0.39, 0.29) is 25.4 Å². The number of rotatable bonds is 3. The first-order chi connectivity index (χ1) is 17.9. The molecule has 0 saturated carbocycles. The van der Waals surface area contributed by atoms with E-state index in [0.717, 1.165) is 27.0 Å². The standard InChI is InChI=1S/C28H22N2O6S/c1-3-28(33)19-9-21-25-17(11-30(21)26(31)18(19)12-34-27(28)32)24(14-5-4-6-15(7-14)37-2)16-8-22-23(36-13-35-22)10-20(16)29-25/h4-10,33H,3,11-13H2,1-2H3/t28-/m0/s1. The summed E-state index contributed by atoms with van der Waals surface area (Å²) in [4.78, 5) is 32.3. The number of benzene rings is 2. The van der Waals surface area contributed by atoms with Gasteiger partial charge in [-0.2, -0.15) is 0 Å². The van der Waals surface area contributed by atoms with Crippen LogP contribution in [0.2, 0.25) is 0 Å². The lowest BCUT2D eigenvalue weighted by Crippen LogP contribution is -2.44. The Morgan fingerprint density at radius 1 is 1.08 bits per heavy atom. The summed E-state index contributed by atoms with van der Waals surface area (Å²) in [5.41, 5.74) is 3.24. The van der Waals surface area contributed by atoms with Crippen molar-refractivity contribution in [1.82, 2.24) is 9.55 Å². The predicted molar refractivity (Wildman–Crippen MR) is 138 cm³/mol. The van der Waals surface area contributed by atoms with Gasteiger partial charge in [0.1, 0.15) is 6.61 Å². The smallest absolute Gasteiger partial charge is 0.343 e. The van der Waals surface area contributed by atoms with Crippen molar-refractivity contribution in [2.24, 2.45) is 0 Å². The van der Waals surface area contributed by atoms with Gasteiger partial charge in [-0.05, 0) is 48.1 Å². The first kappa shape index (κ1) is 22.4. The van der Waals surface area contributed by atoms with Gasteiger partial charge in [-0.15, -0.1) is 11.8 Å². The van der Waals surface area contributed by atoms with Crippen LogP contribution in [-0.4, -0.2) is 33.7 Å². The summed E-state index contributed by atoms with van der Waals surface area (Å²) in [6, 6.07) is 13.8. The van der Waals surface area contributed by atoms with E-state index in [1.54, 1.807) is 29.3 Å². The summed E-state index contributed by atoms with van der Waals surface area (Å²) in [5.74, 6) is 0.537. The Kier molecular flexibility index (Phi) is 4.74. The van der Waals surface area contributed by atoms with Crippen LogP contribution in [0.25, 0.3) is 33.4 Å². The number of esters is 1. The molecule has 4 aromatic rings. The summed E-state index contributed by atoms with van der Waals surface area (Å²) in [5, 5.41) is 12.1. The van der Waals surface area contributed by atoms with Crippen LogP contribution in [-0.2, 0) is 28.3 Å². The number of carbonyl (C=O) groups is 1. The number of nitrogens with zero attached hydrogens (tertiary/aromatic N) is 2. The Morgan fingerprint density at radius 3 is 2.68 bits per heavy atom. The molecule has 0 spiro atoms. The minimum Gasteiger partial charge on any atom is -0.458 e. The summed E-state index contributed by atoms with van der Waals surface area (Å²) < 4.78 is 18.2. The highest BCUT2D eigenvalue weighted by molar-refractivity contribution is 7.98. The molecule has 7 rings (SSSR count). The van der Waals surface area contributed by atoms with Crippen molar-refractivity contribution in [1.29, 1.82) is 0 Å². The summed E-state index contributed by atoms with van der Waals surface area (Å²) in [7, 11) is 0. The van der Waals surface area contributed by atoms with E-state index >= 15 is 0 Å². The van der Waals surface area contributed by atoms with Crippen molar-refractivity contribution in [3.8, 4) is 34.0 Å². The van der Waals surface area contributed by atoms with Crippen LogP contribution in [0.5, 0.6) is 11.5 Å². The van der Waals surface area contributed by atoms with E-state index in [9.17, 15) is 14.7 Å². The second-order valence-electron chi connectivity index (χ2n) is 9.37. The second kappa shape index (κ2) is 7.84. The van der Waals surface area contributed by atoms with Gasteiger partial charge in [0.25, 0.3) is 5.56 Å². The maximum absolute atomic E-state index is 13.7. The average Bonchev–Trinajstić information content (AvgIpc) is 3.52. The number of fused-ring (bicyclic) bond motifs is 6. The maximum atomic E-state index is 13.7. The van der Waals surface area contributed by atoms with Crippen LogP contribution in [0.15, 0.2) is 52.2 Å². The maximum Gasteiger partial charge on any atom is 0.343 e. The third-order valence-electron chi connectivity index (χ3n) is 7.54. The van der Waals surface area contributed by atoms with E-state index in [4.69, 9.17) is 19.2 Å². The Morgan fingerprint density at radius 2 is 1.89 bits per heavy atom. The van der Waals surface area contributed by atoms with Crippen molar-refractivity contribution in [2.75, 3.05) is 13.0 Å². The number of hydrogen-bond acceptors (Lipinski definition) is 8. The Labute approximate surface area is 215 Å². The normalized spacial score (nSPS) is 18.9. The fraction of sp³-hybridized carbons (Fsp3) is 0.250. The number of cyclic esters (lactones) is 1. The average molecular weight is 515 g/mol. The highest BCUT2D eigenvalue weighted by atomic mass is 32.2. The number of hydrogen-bond donors (Lipinski definition) is 1. The van der Waals surface area contributed by atoms with Gasteiger partial charge >= 0.3 is 5.97 Å². The molecule has 186 valence electrons. The monoisotopic (exact) mass is 514 g/mol. The minimum atomic E-state index is -1.87. The number of aromatic nitrogens is 2. The molecule has 3 aliphatic rings. The van der Waals surface area contributed by atoms with Crippen LogP contribution in [0.3, 0.4) is 0 Å². The number of carbonyl (C=O) groups excluding carboxylic acids is 1. The molecule has 1 N–H and O–H groups in total. The lowest BCUT2D eigenvalue weighted by molar-refractivity contribution is -0.172. The largest absolute Gasteiger partial charge is 0.458 e. The third kappa shape index (κ3) is 3.04. The highest BCUT2D eigenvalue weighted by Gasteiger charge is 2.45. The molecular formula is C28H22N2O6S. The van der Waals surface area contributed by atoms with E-state index < -0.39 is 11.6 Å². The van der Waals surface area contributed by atoms with E-state index in [1.165, 1.54) is 0 Å². The molecule has 0 saturated heterocycles. The lowest BCUT2D eigenvalue weighted by atomic mass is 9.86. The van der Waals surface area contributed by atoms with Crippen molar-refractivity contribution in [2.45, 2.75) is 37.0 Å². The summed E-state index contributed by atoms with van der Waals surface area (Å²) >= 11 is 1.66. The Balaban J connectivity index is 1.56. The molecule has 5 heterocycles. The fourth-order valence-corrected chi connectivity index (χ4v) is 6.04. The van der Waals surface area contributed by atoms with Gasteiger partial charge in [-0.1, -0.05) is 19.1 Å². The van der Waals surface area contributed by atoms with E-state index in [1.807, 2.05) is 24.5 Å². The van der Waals surface area contributed by atoms with Gasteiger partial charge in [0.05, 0.1) is 29.0 Å². The molecular weight excluding hydrogens is 492 g/mol. The quantitative estimate of drug-likeness (QED) is 0.283. The number of pyridine rings is 2. The van der Waals surface area contributed by atoms with Crippen LogP contribution in [0.4, 0.5) is 0 Å². The number of aliphatic hydroxyl groups is 1. The van der Waals surface area contributed by atoms with Gasteiger partial charge in [0, 0.05) is 27.5 Å². The highest BCUT2D eigenvalue weighted by Crippen LogP contribution is 2.46. The molecule has 37 heavy (non-hydrogen) atoms. The van der Waals surface area contributed by atoms with Crippen LogP contribution >= 0.6 is 11.8 Å². The molecule has 0 fully saturated rings. The topological polar surface area (TPSA) is 99.9 Å². The SMILES string of the molecule is CC[C@@]1(O)C(=O)OCc2c1cc1n(c2=O)Cc2c-1nc1cc3c(cc1c2-c1cccc(SC)c1)OCO3. The zero-order valence-electron chi connectivity index (χ0n) is 20.2. The van der Waals surface area contributed by atoms with Crippen LogP contribution in [0.1, 0.15) is 30.0 Å². The van der Waals surface area contributed by atoms with Gasteiger partial charge in [-0.25, -0.2) is 9.78 Å². The van der Waals surface area contributed by atoms with Crippen LogP contribution in [0, 0.1) is 0 Å². The molecule has 1 atom stereocenters. The number of ether oxygens (including phenoxy) is 3.